The maximum Gasteiger partial charge on any atom is 0.314 e. The molecule has 12 heavy (non-hydrogen) atoms. The number of nitrogens with one attached hydrogen (secondary N) is 2. The van der Waals surface area contributed by atoms with Crippen LogP contribution in [0.2, 0.25) is 0 Å². The van der Waals surface area contributed by atoms with E-state index in [9.17, 15) is 4.79 Å². The molecule has 0 radical (unpaired) electrons. The molecule has 0 fully saturated rings. The Balaban J connectivity index is 3.37. The number of hydrogen-bond acceptors (Lipinski definition) is 3. The molecule has 0 unspecified atom stereocenters. The Hall–Kier alpha value is -1.46. The number of amidine groups is 1. The average molecular weight is 174 g/mol. The van der Waals surface area contributed by atoms with Crippen molar-refractivity contribution in [1.82, 2.24) is 10.6 Å². The van der Waals surface area contributed by atoms with Gasteiger partial charge in [0.2, 0.25) is 0 Å². The maximum absolute atomic E-state index is 10.7. The van der Waals surface area contributed by atoms with Crippen LogP contribution in [0.4, 0.5) is 4.79 Å². The summed E-state index contributed by atoms with van der Waals surface area (Å²) in [7, 11) is 0. The highest BCUT2D eigenvalue weighted by Gasteiger charge is 1.97. The molecular weight excluding hydrogens is 160 g/mol. The molecule has 6 nitrogen and oxygen atoms in total. The zero-order chi connectivity index (χ0) is 9.40. The van der Waals surface area contributed by atoms with E-state index in [4.69, 9.17) is 10.9 Å². The van der Waals surface area contributed by atoms with E-state index in [0.29, 0.717) is 19.5 Å². The van der Waals surface area contributed by atoms with Crippen molar-refractivity contribution < 1.29 is 10.0 Å². The largest absolute Gasteiger partial charge is 0.409 e. The van der Waals surface area contributed by atoms with Gasteiger partial charge in [0.05, 0.1) is 0 Å². The molecule has 0 spiro atoms. The van der Waals surface area contributed by atoms with Gasteiger partial charge in [-0.3, -0.25) is 0 Å². The van der Waals surface area contributed by atoms with Crippen molar-refractivity contribution in [2.24, 2.45) is 10.9 Å². The maximum atomic E-state index is 10.7. The summed E-state index contributed by atoms with van der Waals surface area (Å²) in [4.78, 5) is 10.7. The van der Waals surface area contributed by atoms with Crippen molar-refractivity contribution in [3.63, 3.8) is 0 Å². The molecule has 70 valence electrons. The Bertz CT molecular complexity index is 169. The number of carbonyl (C=O) groups excluding carboxylic acids is 1. The Kier molecular flexibility index (Phi) is 5.50. The standard InChI is InChI=1S/C6H14N4O2/c1-2-8-6(11)9-4-3-5(7)10-12/h12H,2-4H2,1H3,(H2,7,10)(H2,8,9,11). The number of hydrogen-bond donors (Lipinski definition) is 4. The van der Waals surface area contributed by atoms with Crippen molar-refractivity contribution in [3.05, 3.63) is 0 Å². The number of urea groups is 1. The van der Waals surface area contributed by atoms with Crippen LogP contribution in [0, 0.1) is 0 Å². The number of nitrogens with zero attached hydrogens (tertiary/aromatic N) is 1. The number of carbonyl (C=O) groups is 1. The first-order chi connectivity index (χ1) is 5.70. The summed E-state index contributed by atoms with van der Waals surface area (Å²) in [6, 6.07) is -0.247. The lowest BCUT2D eigenvalue weighted by molar-refractivity contribution is 0.241. The summed E-state index contributed by atoms with van der Waals surface area (Å²) in [6.07, 6.45) is 0.341. The summed E-state index contributed by atoms with van der Waals surface area (Å²) < 4.78 is 0. The molecule has 0 aliphatic rings. The summed E-state index contributed by atoms with van der Waals surface area (Å²) in [5, 5.41) is 16.0. The first kappa shape index (κ1) is 10.5. The highest BCUT2D eigenvalue weighted by molar-refractivity contribution is 5.80. The topological polar surface area (TPSA) is 99.7 Å². The van der Waals surface area contributed by atoms with Crippen LogP contribution in [0.5, 0.6) is 0 Å². The molecule has 5 N–H and O–H groups in total. The fourth-order valence-electron chi connectivity index (χ4n) is 0.577. The average Bonchev–Trinajstić information content (AvgIpc) is 2.04. The second-order valence-electron chi connectivity index (χ2n) is 2.13. The van der Waals surface area contributed by atoms with Gasteiger partial charge in [0.15, 0.2) is 0 Å². The lowest BCUT2D eigenvalue weighted by Crippen LogP contribution is -2.36. The van der Waals surface area contributed by atoms with E-state index in [-0.39, 0.29) is 11.9 Å². The molecule has 0 bridgehead atoms. The molecule has 0 atom stereocenters. The minimum atomic E-state index is -0.247. The van der Waals surface area contributed by atoms with E-state index in [1.165, 1.54) is 0 Å². The first-order valence-electron chi connectivity index (χ1n) is 3.68. The molecule has 6 heteroatoms. The van der Waals surface area contributed by atoms with Crippen LogP contribution < -0.4 is 16.4 Å². The first-order valence-corrected chi connectivity index (χ1v) is 3.68. The smallest absolute Gasteiger partial charge is 0.314 e. The minimum Gasteiger partial charge on any atom is -0.409 e. The van der Waals surface area contributed by atoms with Gasteiger partial charge in [-0.2, -0.15) is 0 Å². The van der Waals surface area contributed by atoms with Crippen molar-refractivity contribution in [2.45, 2.75) is 13.3 Å². The van der Waals surface area contributed by atoms with Crippen LogP contribution in [-0.4, -0.2) is 30.2 Å². The van der Waals surface area contributed by atoms with E-state index in [1.807, 2.05) is 6.92 Å². The van der Waals surface area contributed by atoms with E-state index in [0.717, 1.165) is 0 Å². The van der Waals surface area contributed by atoms with Crippen molar-refractivity contribution in [2.75, 3.05) is 13.1 Å². The van der Waals surface area contributed by atoms with Gasteiger partial charge in [-0.05, 0) is 6.92 Å². The highest BCUT2D eigenvalue weighted by Crippen LogP contribution is 1.76. The van der Waals surface area contributed by atoms with Crippen LogP contribution in [-0.2, 0) is 0 Å². The fourth-order valence-corrected chi connectivity index (χ4v) is 0.577. The van der Waals surface area contributed by atoms with Crippen molar-refractivity contribution in [1.29, 1.82) is 0 Å². The lowest BCUT2D eigenvalue weighted by Gasteiger charge is -2.03. The Morgan fingerprint density at radius 1 is 1.58 bits per heavy atom. The summed E-state index contributed by atoms with van der Waals surface area (Å²) in [5.41, 5.74) is 5.16. The molecule has 0 aromatic heterocycles. The number of oxime groups is 1. The Morgan fingerprint density at radius 2 is 2.25 bits per heavy atom. The van der Waals surface area contributed by atoms with Crippen LogP contribution >= 0.6 is 0 Å². The van der Waals surface area contributed by atoms with Gasteiger partial charge in [-0.15, -0.1) is 0 Å². The molecule has 0 aromatic rings. The van der Waals surface area contributed by atoms with Gasteiger partial charge in [0, 0.05) is 19.5 Å². The van der Waals surface area contributed by atoms with E-state index in [2.05, 4.69) is 15.8 Å². The Morgan fingerprint density at radius 3 is 2.75 bits per heavy atom. The third-order valence-corrected chi connectivity index (χ3v) is 1.13. The monoisotopic (exact) mass is 174 g/mol. The van der Waals surface area contributed by atoms with Crippen molar-refractivity contribution in [3.8, 4) is 0 Å². The van der Waals surface area contributed by atoms with Crippen LogP contribution in [0.3, 0.4) is 0 Å². The number of nitrogens with two attached hydrogens (primary N) is 1. The second kappa shape index (κ2) is 6.26. The van der Waals surface area contributed by atoms with Crippen LogP contribution in [0.15, 0.2) is 5.16 Å². The third kappa shape index (κ3) is 5.33. The van der Waals surface area contributed by atoms with Gasteiger partial charge in [-0.1, -0.05) is 5.16 Å². The lowest BCUT2D eigenvalue weighted by atomic mass is 10.4. The molecule has 2 amide bonds. The predicted octanol–water partition coefficient (Wildman–Crippen LogP) is -0.558. The molecule has 0 aromatic carbocycles. The van der Waals surface area contributed by atoms with Crippen LogP contribution in [0.1, 0.15) is 13.3 Å². The molecule has 0 aliphatic carbocycles. The number of rotatable bonds is 4. The Labute approximate surface area is 70.8 Å². The SMILES string of the molecule is CCNC(=O)NCCC(N)=NO. The molecule has 0 saturated carbocycles. The van der Waals surface area contributed by atoms with Gasteiger partial charge in [-0.25, -0.2) is 4.79 Å². The summed E-state index contributed by atoms with van der Waals surface area (Å²) >= 11 is 0. The van der Waals surface area contributed by atoms with Gasteiger partial charge in [0.1, 0.15) is 5.84 Å². The molecular formula is C6H14N4O2. The minimum absolute atomic E-state index is 0.104. The fraction of sp³-hybridized carbons (Fsp3) is 0.667. The number of amides is 2. The summed E-state index contributed by atoms with van der Waals surface area (Å²) in [5.74, 6) is 0.104. The predicted molar refractivity (Wildman–Crippen MR) is 45.1 cm³/mol. The molecule has 0 rings (SSSR count). The second-order valence-corrected chi connectivity index (χ2v) is 2.13. The van der Waals surface area contributed by atoms with Crippen molar-refractivity contribution >= 4 is 11.9 Å². The zero-order valence-electron chi connectivity index (χ0n) is 7.00. The molecule has 0 aliphatic heterocycles. The third-order valence-electron chi connectivity index (χ3n) is 1.13. The van der Waals surface area contributed by atoms with E-state index < -0.39 is 0 Å². The molecule has 0 heterocycles. The highest BCUT2D eigenvalue weighted by atomic mass is 16.4. The van der Waals surface area contributed by atoms with Gasteiger partial charge < -0.3 is 21.6 Å². The van der Waals surface area contributed by atoms with E-state index >= 15 is 0 Å². The van der Waals surface area contributed by atoms with Crippen LogP contribution in [0.25, 0.3) is 0 Å². The molecule has 0 saturated heterocycles. The summed E-state index contributed by atoms with van der Waals surface area (Å²) in [6.45, 7) is 2.76. The zero-order valence-corrected chi connectivity index (χ0v) is 7.00. The normalized spacial score (nSPS) is 10.9. The quantitative estimate of drug-likeness (QED) is 0.199. The van der Waals surface area contributed by atoms with E-state index in [1.54, 1.807) is 0 Å². The van der Waals surface area contributed by atoms with Gasteiger partial charge >= 0.3 is 6.03 Å². The van der Waals surface area contributed by atoms with Gasteiger partial charge in [0.25, 0.3) is 0 Å².